The number of likely N-dealkylation sites (tertiary alicyclic amines) is 2. The summed E-state index contributed by atoms with van der Waals surface area (Å²) >= 11 is 7.78. The molecule has 5 aromatic rings. The highest BCUT2D eigenvalue weighted by Gasteiger charge is 2.53. The van der Waals surface area contributed by atoms with Crippen LogP contribution in [0.25, 0.3) is 11.0 Å². The first-order valence-electron chi connectivity index (χ1n) is 18.5. The summed E-state index contributed by atoms with van der Waals surface area (Å²) in [5.74, 6) is -1.17. The number of methoxy groups -OCH3 is 3. The van der Waals surface area contributed by atoms with Gasteiger partial charge in [-0.05, 0) is 86.3 Å². The highest BCUT2D eigenvalue weighted by atomic mass is 35.5. The Balaban J connectivity index is 1.13. The number of aromatic nitrogens is 2. The maximum atomic E-state index is 15.0. The Labute approximate surface area is 339 Å². The van der Waals surface area contributed by atoms with Crippen molar-refractivity contribution >= 4 is 55.9 Å². The number of hydrogen-bond donors (Lipinski definition) is 1. The van der Waals surface area contributed by atoms with Gasteiger partial charge in [0.1, 0.15) is 0 Å². The van der Waals surface area contributed by atoms with Crippen molar-refractivity contribution in [2.45, 2.75) is 49.9 Å². The number of ether oxygens (including phenoxy) is 3. The van der Waals surface area contributed by atoms with Gasteiger partial charge in [-0.25, -0.2) is 17.9 Å². The summed E-state index contributed by atoms with van der Waals surface area (Å²) in [6.45, 7) is 2.58. The summed E-state index contributed by atoms with van der Waals surface area (Å²) < 4.78 is 80.2. The number of fused-ring (bicyclic) bond motifs is 1. The standard InChI is InChI=1S/C40H44ClF2N5O7S2/c1-52-33-21-25(22-34(53-2)36(33)54-3)37(49)47-20-16-40(38(47)55-57(4,50)51,26-9-11-29(42)30(43)23-26)15-19-46-17-13-27(14-18-46)44-39-45-31-7-5-6-8-32(31)48(39)24-28-10-12-35(41)56-28/h5-12,21-23,27,38H,13-20,24H2,1-4H3,(H,44,45). The lowest BCUT2D eigenvalue weighted by atomic mass is 9.75. The molecule has 304 valence electrons. The van der Waals surface area contributed by atoms with Gasteiger partial charge >= 0.3 is 0 Å². The summed E-state index contributed by atoms with van der Waals surface area (Å²) in [5.41, 5.74) is 1.15. The molecule has 2 unspecified atom stereocenters. The van der Waals surface area contributed by atoms with E-state index in [1.807, 2.05) is 30.3 Å². The maximum absolute atomic E-state index is 15.0. The van der Waals surface area contributed by atoms with Crippen LogP contribution in [0.15, 0.2) is 66.7 Å². The van der Waals surface area contributed by atoms with Gasteiger partial charge in [0.2, 0.25) is 11.7 Å². The summed E-state index contributed by atoms with van der Waals surface area (Å²) in [7, 11) is 0.111. The Hall–Kier alpha value is -4.48. The van der Waals surface area contributed by atoms with Gasteiger partial charge in [0.15, 0.2) is 29.4 Å². The molecule has 4 heterocycles. The first kappa shape index (κ1) is 40.7. The number of anilines is 1. The van der Waals surface area contributed by atoms with Crippen LogP contribution in [0.4, 0.5) is 14.7 Å². The molecule has 17 heteroatoms. The van der Waals surface area contributed by atoms with Crippen LogP contribution in [0.1, 0.15) is 46.5 Å². The zero-order valence-electron chi connectivity index (χ0n) is 32.0. The second-order valence-electron chi connectivity index (χ2n) is 14.3. The molecule has 12 nitrogen and oxygen atoms in total. The van der Waals surface area contributed by atoms with Crippen molar-refractivity contribution in [2.24, 2.45) is 0 Å². The average molecular weight is 844 g/mol. The predicted molar refractivity (Wildman–Crippen MR) is 215 cm³/mol. The number of nitrogens with zero attached hydrogens (tertiary/aromatic N) is 4. The number of halogens is 3. The third kappa shape index (κ3) is 8.56. The van der Waals surface area contributed by atoms with Crippen LogP contribution < -0.4 is 19.5 Å². The van der Waals surface area contributed by atoms with Crippen LogP contribution >= 0.6 is 22.9 Å². The van der Waals surface area contributed by atoms with E-state index in [0.717, 1.165) is 57.4 Å². The van der Waals surface area contributed by atoms with Crippen molar-refractivity contribution in [3.05, 3.63) is 98.7 Å². The number of thiophene rings is 1. The summed E-state index contributed by atoms with van der Waals surface area (Å²) in [4.78, 5) is 24.0. The normalized spacial score (nSPS) is 19.3. The number of hydrogen-bond acceptors (Lipinski definition) is 11. The Morgan fingerprint density at radius 1 is 0.965 bits per heavy atom. The summed E-state index contributed by atoms with van der Waals surface area (Å²) in [6.07, 6.45) is 1.62. The zero-order valence-corrected chi connectivity index (χ0v) is 34.4. The minimum Gasteiger partial charge on any atom is -0.493 e. The molecule has 2 fully saturated rings. The van der Waals surface area contributed by atoms with E-state index in [4.69, 9.17) is 35.0 Å². The lowest BCUT2D eigenvalue weighted by Gasteiger charge is -2.40. The molecule has 7 rings (SSSR count). The number of amides is 1. The minimum absolute atomic E-state index is 0.0688. The fourth-order valence-electron chi connectivity index (χ4n) is 8.01. The molecule has 0 aliphatic carbocycles. The highest BCUT2D eigenvalue weighted by molar-refractivity contribution is 7.86. The SMILES string of the molecule is COc1cc(C(=O)N2CCC(CCN3CCC(Nc4nc5ccccc5n4Cc4ccc(Cl)s4)CC3)(c3ccc(F)c(F)c3)C2OS(C)(=O)=O)cc(OC)c1OC. The van der Waals surface area contributed by atoms with E-state index < -0.39 is 39.3 Å². The molecule has 0 spiro atoms. The molecule has 2 aromatic heterocycles. The Kier molecular flexibility index (Phi) is 12.0. The molecular formula is C40H44ClF2N5O7S2. The van der Waals surface area contributed by atoms with Gasteiger partial charge in [-0.2, -0.15) is 8.42 Å². The molecule has 0 bridgehead atoms. The molecule has 2 atom stereocenters. The van der Waals surface area contributed by atoms with Crippen molar-refractivity contribution in [1.29, 1.82) is 0 Å². The fraction of sp³-hybridized carbons (Fsp3) is 0.400. The zero-order chi connectivity index (χ0) is 40.5. The number of piperidine rings is 1. The van der Waals surface area contributed by atoms with Gasteiger partial charge in [-0.15, -0.1) is 11.3 Å². The summed E-state index contributed by atoms with van der Waals surface area (Å²) in [5, 5.41) is 3.68. The maximum Gasteiger partial charge on any atom is 0.266 e. The Bertz CT molecular complexity index is 2340. The van der Waals surface area contributed by atoms with E-state index in [9.17, 15) is 22.0 Å². The van der Waals surface area contributed by atoms with Gasteiger partial charge < -0.3 is 33.9 Å². The van der Waals surface area contributed by atoms with Gasteiger partial charge in [0, 0.05) is 41.5 Å². The van der Waals surface area contributed by atoms with Crippen LogP contribution in [0.5, 0.6) is 17.2 Å². The first-order chi connectivity index (χ1) is 27.3. The lowest BCUT2D eigenvalue weighted by Crippen LogP contribution is -2.50. The Morgan fingerprint density at radius 2 is 1.68 bits per heavy atom. The van der Waals surface area contributed by atoms with Gasteiger partial charge in [-0.1, -0.05) is 29.8 Å². The molecule has 1 N–H and O–H groups in total. The number of rotatable bonds is 14. The van der Waals surface area contributed by atoms with E-state index in [1.165, 1.54) is 55.8 Å². The quantitative estimate of drug-likeness (QED) is 0.115. The Morgan fingerprint density at radius 3 is 2.32 bits per heavy atom. The van der Waals surface area contributed by atoms with E-state index in [2.05, 4.69) is 20.9 Å². The number of imidazole rings is 1. The number of nitrogens with one attached hydrogen (secondary N) is 1. The van der Waals surface area contributed by atoms with Crippen molar-refractivity contribution in [2.75, 3.05) is 59.1 Å². The van der Waals surface area contributed by atoms with Crippen LogP contribution in [-0.2, 0) is 26.3 Å². The molecule has 0 radical (unpaired) electrons. The minimum atomic E-state index is -4.17. The van der Waals surface area contributed by atoms with E-state index >= 15 is 0 Å². The first-order valence-corrected chi connectivity index (χ1v) is 21.5. The van der Waals surface area contributed by atoms with E-state index in [0.29, 0.717) is 31.7 Å². The van der Waals surface area contributed by atoms with Gasteiger partial charge in [0.05, 0.1) is 49.5 Å². The number of para-hydroxylation sites is 2. The molecule has 2 aliphatic heterocycles. The van der Waals surface area contributed by atoms with Gasteiger partial charge in [-0.3, -0.25) is 4.79 Å². The van der Waals surface area contributed by atoms with E-state index in [-0.39, 0.29) is 48.2 Å². The average Bonchev–Trinajstić information content (AvgIpc) is 3.89. The van der Waals surface area contributed by atoms with Crippen LogP contribution in [-0.4, -0.2) is 99.7 Å². The molecule has 2 saturated heterocycles. The molecule has 57 heavy (non-hydrogen) atoms. The number of carbonyl (C=O) groups excluding carboxylic acids is 1. The largest absolute Gasteiger partial charge is 0.493 e. The predicted octanol–water partition coefficient (Wildman–Crippen LogP) is 7.16. The molecule has 2 aliphatic rings. The third-order valence-corrected chi connectivity index (χ3v) is 12.6. The topological polar surface area (TPSA) is 124 Å². The van der Waals surface area contributed by atoms with Gasteiger partial charge in [0.25, 0.3) is 16.0 Å². The van der Waals surface area contributed by atoms with Crippen molar-refractivity contribution in [1.82, 2.24) is 19.4 Å². The lowest BCUT2D eigenvalue weighted by molar-refractivity contribution is 0.0137. The van der Waals surface area contributed by atoms with Crippen molar-refractivity contribution < 1.29 is 40.4 Å². The molecule has 3 aromatic carbocycles. The monoisotopic (exact) mass is 843 g/mol. The van der Waals surface area contributed by atoms with Crippen LogP contribution in [0, 0.1) is 11.6 Å². The molecule has 1 amide bonds. The molecule has 0 saturated carbocycles. The van der Waals surface area contributed by atoms with Crippen LogP contribution in [0.2, 0.25) is 4.34 Å². The second kappa shape index (κ2) is 16.8. The van der Waals surface area contributed by atoms with Crippen LogP contribution in [0.3, 0.4) is 0 Å². The third-order valence-electron chi connectivity index (χ3n) is 10.9. The van der Waals surface area contributed by atoms with E-state index in [1.54, 1.807) is 0 Å². The highest BCUT2D eigenvalue weighted by Crippen LogP contribution is 2.46. The summed E-state index contributed by atoms with van der Waals surface area (Å²) in [6, 6.07) is 18.5. The smallest absolute Gasteiger partial charge is 0.266 e. The van der Waals surface area contributed by atoms with Crippen molar-refractivity contribution in [3.63, 3.8) is 0 Å². The van der Waals surface area contributed by atoms with Crippen molar-refractivity contribution in [3.8, 4) is 17.2 Å². The fourth-order valence-corrected chi connectivity index (χ4v) is 9.71. The molecular weight excluding hydrogens is 800 g/mol. The second-order valence-corrected chi connectivity index (χ2v) is 17.7. The number of benzene rings is 3. The number of carbonyl (C=O) groups is 1.